The molecule has 0 fully saturated rings. The molecule has 7 nitrogen and oxygen atoms in total. The van der Waals surface area contributed by atoms with Crippen LogP contribution in [0.15, 0.2) is 27.4 Å². The van der Waals surface area contributed by atoms with E-state index in [0.29, 0.717) is 29.3 Å². The standard InChI is InChI=1S/C16H13NO6.2Na/c1-2-3-8-13-7(5-10(17-13)15(19)20)4-9-11(18)6-12(16(21)22)23-14(8)9;;/h4-6,17H,2-3H2,1H3,(H,19,20)(H,21,22);;/q;2*+1/p-2. The van der Waals surface area contributed by atoms with Crippen LogP contribution in [0.2, 0.25) is 0 Å². The van der Waals surface area contributed by atoms with Gasteiger partial charge in [-0.15, -0.1) is 0 Å². The molecule has 2 aromatic heterocycles. The van der Waals surface area contributed by atoms with Gasteiger partial charge in [0.15, 0.2) is 11.2 Å². The third-order valence-corrected chi connectivity index (χ3v) is 3.63. The molecule has 25 heavy (non-hydrogen) atoms. The maximum atomic E-state index is 12.2. The number of hydrogen-bond acceptors (Lipinski definition) is 6. The number of H-pyrrole nitrogens is 1. The molecule has 0 atom stereocenters. The first-order valence-electron chi connectivity index (χ1n) is 6.97. The topological polar surface area (TPSA) is 126 Å². The Morgan fingerprint density at radius 2 is 1.80 bits per heavy atom. The van der Waals surface area contributed by atoms with Crippen LogP contribution in [0, 0.1) is 0 Å². The summed E-state index contributed by atoms with van der Waals surface area (Å²) in [4.78, 5) is 36.9. The number of rotatable bonds is 4. The number of hydrogen-bond donors (Lipinski definition) is 1. The van der Waals surface area contributed by atoms with Gasteiger partial charge in [0.25, 0.3) is 0 Å². The number of aromatic carboxylic acids is 2. The van der Waals surface area contributed by atoms with Crippen LogP contribution in [-0.2, 0) is 6.42 Å². The number of carbonyl (C=O) groups is 2. The first kappa shape index (κ1) is 22.0. The second kappa shape index (κ2) is 8.53. The summed E-state index contributed by atoms with van der Waals surface area (Å²) in [7, 11) is 0. The average Bonchev–Trinajstić information content (AvgIpc) is 2.92. The first-order valence-corrected chi connectivity index (χ1v) is 6.97. The molecule has 0 unspecified atom stereocenters. The van der Waals surface area contributed by atoms with Gasteiger partial charge < -0.3 is 29.2 Å². The summed E-state index contributed by atoms with van der Waals surface area (Å²) in [5.74, 6) is -3.53. The molecule has 0 radical (unpaired) electrons. The minimum Gasteiger partial charge on any atom is -0.543 e. The van der Waals surface area contributed by atoms with Crippen molar-refractivity contribution in [3.05, 3.63) is 45.4 Å². The predicted octanol–water partition coefficient (Wildman–Crippen LogP) is -6.04. The van der Waals surface area contributed by atoms with Gasteiger partial charge in [-0.2, -0.15) is 0 Å². The predicted molar refractivity (Wildman–Crippen MR) is 77.0 cm³/mol. The van der Waals surface area contributed by atoms with Gasteiger partial charge in [0.05, 0.1) is 22.6 Å². The summed E-state index contributed by atoms with van der Waals surface area (Å²) >= 11 is 0. The summed E-state index contributed by atoms with van der Waals surface area (Å²) in [6.45, 7) is 1.90. The zero-order valence-electron chi connectivity index (χ0n) is 14.1. The zero-order chi connectivity index (χ0) is 16.7. The van der Waals surface area contributed by atoms with Crippen molar-refractivity contribution >= 4 is 33.8 Å². The molecule has 0 amide bonds. The fourth-order valence-electron chi connectivity index (χ4n) is 2.67. The molecule has 0 bridgehead atoms. The number of nitrogens with one attached hydrogen (secondary N) is 1. The molecule has 0 saturated carbocycles. The number of aryl methyl sites for hydroxylation is 1. The van der Waals surface area contributed by atoms with E-state index in [1.54, 1.807) is 0 Å². The average molecular weight is 359 g/mol. The van der Waals surface area contributed by atoms with Crippen molar-refractivity contribution in [3.8, 4) is 0 Å². The molecule has 2 heterocycles. The summed E-state index contributed by atoms with van der Waals surface area (Å²) in [5, 5.41) is 22.7. The van der Waals surface area contributed by atoms with Crippen molar-refractivity contribution in [3.63, 3.8) is 0 Å². The van der Waals surface area contributed by atoms with Crippen molar-refractivity contribution in [2.24, 2.45) is 0 Å². The van der Waals surface area contributed by atoms with Gasteiger partial charge in [-0.3, -0.25) is 4.79 Å². The Morgan fingerprint density at radius 1 is 1.12 bits per heavy atom. The summed E-state index contributed by atoms with van der Waals surface area (Å²) in [6.07, 6.45) is 1.16. The monoisotopic (exact) mass is 359 g/mol. The minimum absolute atomic E-state index is 0. The molecular formula is C16H11NNa2O6. The number of fused-ring (bicyclic) bond motifs is 2. The van der Waals surface area contributed by atoms with Crippen molar-refractivity contribution < 1.29 is 83.3 Å². The number of aromatic amines is 1. The maximum absolute atomic E-state index is 12.2. The number of carboxylic acid groups (broad SMARTS) is 2. The molecular weight excluding hydrogens is 348 g/mol. The molecule has 3 aromatic rings. The molecule has 118 valence electrons. The van der Waals surface area contributed by atoms with Crippen LogP contribution in [0.25, 0.3) is 21.9 Å². The number of carbonyl (C=O) groups excluding carboxylic acids is 2. The van der Waals surface area contributed by atoms with Crippen molar-refractivity contribution in [1.82, 2.24) is 4.98 Å². The first-order chi connectivity index (χ1) is 10.9. The van der Waals surface area contributed by atoms with Crippen LogP contribution in [-0.4, -0.2) is 16.9 Å². The van der Waals surface area contributed by atoms with Gasteiger partial charge in [-0.25, -0.2) is 0 Å². The van der Waals surface area contributed by atoms with Crippen molar-refractivity contribution in [1.29, 1.82) is 0 Å². The van der Waals surface area contributed by atoms with Crippen LogP contribution in [0.5, 0.6) is 0 Å². The van der Waals surface area contributed by atoms with E-state index in [2.05, 4.69) is 4.98 Å². The molecule has 3 rings (SSSR count). The molecule has 0 saturated heterocycles. The van der Waals surface area contributed by atoms with E-state index >= 15 is 0 Å². The molecule has 0 aliphatic carbocycles. The second-order valence-electron chi connectivity index (χ2n) is 5.18. The summed E-state index contributed by atoms with van der Waals surface area (Å²) in [6, 6.07) is 3.69. The quantitative estimate of drug-likeness (QED) is 0.462. The second-order valence-corrected chi connectivity index (χ2v) is 5.18. The van der Waals surface area contributed by atoms with Gasteiger partial charge in [-0.1, -0.05) is 13.3 Å². The van der Waals surface area contributed by atoms with Gasteiger partial charge in [0, 0.05) is 17.0 Å². The summed E-state index contributed by atoms with van der Waals surface area (Å²) in [5.41, 5.74) is 0.504. The molecule has 1 aromatic carbocycles. The minimum atomic E-state index is -1.59. The Morgan fingerprint density at radius 3 is 2.36 bits per heavy atom. The van der Waals surface area contributed by atoms with Gasteiger partial charge in [-0.05, 0) is 18.6 Å². The third-order valence-electron chi connectivity index (χ3n) is 3.63. The largest absolute Gasteiger partial charge is 1.00 e. The Balaban J connectivity index is 0.00000156. The smallest absolute Gasteiger partial charge is 0.543 e. The number of aromatic nitrogens is 1. The SMILES string of the molecule is CCCc1c2[nH]c(C(=O)[O-])cc2cc2c(=O)cc(C(=O)[O-])oc12.[Na+].[Na+]. The van der Waals surface area contributed by atoms with E-state index < -0.39 is 23.1 Å². The molecule has 1 N–H and O–H groups in total. The van der Waals surface area contributed by atoms with Crippen LogP contribution in [0.1, 0.15) is 40.0 Å². The maximum Gasteiger partial charge on any atom is 1.00 e. The Hall–Kier alpha value is -1.09. The number of benzene rings is 1. The van der Waals surface area contributed by atoms with Crippen LogP contribution in [0.3, 0.4) is 0 Å². The molecule has 0 aliphatic heterocycles. The van der Waals surface area contributed by atoms with Crippen LogP contribution < -0.4 is 74.8 Å². The van der Waals surface area contributed by atoms with E-state index in [1.165, 1.54) is 12.1 Å². The van der Waals surface area contributed by atoms with Gasteiger partial charge in [0.2, 0.25) is 0 Å². The fraction of sp³-hybridized carbons (Fsp3) is 0.188. The zero-order valence-corrected chi connectivity index (χ0v) is 18.1. The molecule has 0 aliphatic rings. The van der Waals surface area contributed by atoms with Gasteiger partial charge >= 0.3 is 59.1 Å². The molecule has 9 heteroatoms. The van der Waals surface area contributed by atoms with E-state index in [4.69, 9.17) is 4.42 Å². The van der Waals surface area contributed by atoms with E-state index in [1.807, 2.05) is 6.92 Å². The van der Waals surface area contributed by atoms with Crippen LogP contribution in [0.4, 0.5) is 0 Å². The Labute approximate surface area is 186 Å². The van der Waals surface area contributed by atoms with Crippen molar-refractivity contribution in [2.45, 2.75) is 19.8 Å². The van der Waals surface area contributed by atoms with Gasteiger partial charge in [0.1, 0.15) is 11.6 Å². The van der Waals surface area contributed by atoms with E-state index in [9.17, 15) is 24.6 Å². The van der Waals surface area contributed by atoms with E-state index in [0.717, 1.165) is 6.07 Å². The summed E-state index contributed by atoms with van der Waals surface area (Å²) < 4.78 is 5.32. The van der Waals surface area contributed by atoms with Crippen molar-refractivity contribution in [2.75, 3.05) is 0 Å². The number of carboxylic acids is 2. The van der Waals surface area contributed by atoms with Crippen LogP contribution >= 0.6 is 0 Å². The molecule has 0 spiro atoms. The normalized spacial score (nSPS) is 10.3. The van der Waals surface area contributed by atoms with E-state index in [-0.39, 0.29) is 75.8 Å². The third kappa shape index (κ3) is 4.02. The Kier molecular flexibility index (Phi) is 7.49. The Bertz CT molecular complexity index is 1020. The fourth-order valence-corrected chi connectivity index (χ4v) is 2.67.